The molecule has 4 aromatic rings. The number of nitrogens with zero attached hydrogens (tertiary/aromatic N) is 3. The van der Waals surface area contributed by atoms with E-state index in [2.05, 4.69) is 9.97 Å². The number of pyridine rings is 2. The van der Waals surface area contributed by atoms with E-state index in [1.807, 2.05) is 24.3 Å². The van der Waals surface area contributed by atoms with Crippen molar-refractivity contribution in [3.8, 4) is 11.5 Å². The summed E-state index contributed by atoms with van der Waals surface area (Å²) in [5, 5.41) is 0.307. The molecule has 14 heteroatoms. The summed E-state index contributed by atoms with van der Waals surface area (Å²) < 4.78 is 58.9. The van der Waals surface area contributed by atoms with Crippen molar-refractivity contribution in [1.82, 2.24) is 14.3 Å². The maximum absolute atomic E-state index is 13.3. The molecule has 0 N–H and O–H groups in total. The van der Waals surface area contributed by atoms with E-state index in [1.165, 1.54) is 41.0 Å². The average molecular weight is 616 g/mol. The van der Waals surface area contributed by atoms with Crippen LogP contribution < -0.4 is 28.3 Å². The van der Waals surface area contributed by atoms with Crippen molar-refractivity contribution in [2.75, 3.05) is 14.2 Å². The summed E-state index contributed by atoms with van der Waals surface area (Å²) in [5.74, 6) is 1.42. The van der Waals surface area contributed by atoms with Crippen LogP contribution >= 0.6 is 23.2 Å². The van der Waals surface area contributed by atoms with Gasteiger partial charge in [-0.05, 0) is 70.7 Å². The monoisotopic (exact) mass is 615 g/mol. The first-order valence-electron chi connectivity index (χ1n) is 11.2. The molecule has 9 nitrogen and oxygen atoms in total. The molecular weight excluding hydrogens is 592 g/mol. The van der Waals surface area contributed by atoms with Crippen LogP contribution in [0, 0.1) is 0 Å². The molecule has 2 aromatic heterocycles. The molecule has 0 aliphatic carbocycles. The van der Waals surface area contributed by atoms with Gasteiger partial charge in [0.15, 0.2) is 0 Å². The first-order chi connectivity index (χ1) is 18.6. The van der Waals surface area contributed by atoms with Crippen molar-refractivity contribution in [2.24, 2.45) is 0 Å². The summed E-state index contributed by atoms with van der Waals surface area (Å²) >= 11 is 9.11. The molecule has 0 radical (unpaired) electrons. The summed E-state index contributed by atoms with van der Waals surface area (Å²) in [4.78, 5) is 7.74. The Morgan fingerprint density at radius 1 is 0.800 bits per heavy atom. The van der Waals surface area contributed by atoms with Crippen molar-refractivity contribution in [1.29, 1.82) is 0 Å². The average Bonchev–Trinajstić information content (AvgIpc) is 2.94. The van der Waals surface area contributed by atoms with Crippen LogP contribution in [0.5, 0.6) is 11.5 Å². The Labute approximate surface area is 258 Å². The second-order valence-corrected chi connectivity index (χ2v) is 11.5. The topological polar surface area (TPSA) is 122 Å². The van der Waals surface area contributed by atoms with E-state index in [-0.39, 0.29) is 52.0 Å². The van der Waals surface area contributed by atoms with Crippen LogP contribution in [0.15, 0.2) is 95.0 Å². The molecule has 0 saturated carbocycles. The van der Waals surface area contributed by atoms with E-state index < -0.39 is 21.1 Å². The number of rotatable bonds is 9. The van der Waals surface area contributed by atoms with Gasteiger partial charge in [-0.3, -0.25) is 4.21 Å². The number of benzene rings is 2. The van der Waals surface area contributed by atoms with E-state index in [0.29, 0.717) is 11.5 Å². The van der Waals surface area contributed by atoms with Gasteiger partial charge >= 0.3 is 18.9 Å². The molecule has 0 amide bonds. The quantitative estimate of drug-likeness (QED) is 0.159. The fourth-order valence-corrected chi connectivity index (χ4v) is 5.56. The molecule has 2 heterocycles. The van der Waals surface area contributed by atoms with Crippen LogP contribution in [0.1, 0.15) is 11.1 Å². The molecule has 0 aliphatic rings. The predicted octanol–water partition coefficient (Wildman–Crippen LogP) is 2.12. The Morgan fingerprint density at radius 2 is 1.25 bits per heavy atom. The number of ether oxygens (including phenoxy) is 2. The number of halogens is 2. The molecule has 4 rings (SSSR count). The van der Waals surface area contributed by atoms with Crippen LogP contribution in [0.4, 0.5) is 0 Å². The summed E-state index contributed by atoms with van der Waals surface area (Å²) in [6.07, 6.45) is 2.72. The molecule has 0 fully saturated rings. The van der Waals surface area contributed by atoms with E-state index >= 15 is 0 Å². The van der Waals surface area contributed by atoms with E-state index in [1.54, 1.807) is 38.5 Å². The van der Waals surface area contributed by atoms with Gasteiger partial charge in [-0.15, -0.1) is 0 Å². The molecule has 2 aromatic carbocycles. The minimum Gasteiger partial charge on any atom is -0.768 e. The van der Waals surface area contributed by atoms with Crippen molar-refractivity contribution in [3.63, 3.8) is 0 Å². The number of sulfonamides is 1. The normalized spacial score (nSPS) is 11.6. The van der Waals surface area contributed by atoms with Crippen LogP contribution in [-0.2, 0) is 34.2 Å². The molecule has 206 valence electrons. The van der Waals surface area contributed by atoms with Crippen LogP contribution in [0.3, 0.4) is 0 Å². The maximum atomic E-state index is 13.3. The molecule has 0 spiro atoms. The number of methoxy groups -OCH3 is 2. The zero-order valence-electron chi connectivity index (χ0n) is 21.9. The van der Waals surface area contributed by atoms with Gasteiger partial charge in [0.25, 0.3) is 0 Å². The number of hydrogen-bond acceptors (Lipinski definition) is 8. The fourth-order valence-electron chi connectivity index (χ4n) is 3.28. The molecule has 1 atom stereocenters. The standard InChI is InChI=1S/C21H21ClN2O4S.C5H4ClNO2S.Li/c1-27-18-7-3-16(4-8-18)14-24(15-17-5-9-19(28-2)10-6-17)29(25,26)20-11-12-23-21(22)13-20;6-5-3-4(10(8)9)1-2-7-5;/h3-13H,14-15H2,1-2H3;1-3H,(H,8,9);/q;;+1/p-1. The second-order valence-electron chi connectivity index (χ2n) is 7.83. The molecule has 0 aliphatic heterocycles. The zero-order valence-corrected chi connectivity index (χ0v) is 25.0. The predicted molar refractivity (Wildman–Crippen MR) is 148 cm³/mol. The van der Waals surface area contributed by atoms with Gasteiger partial charge in [0.2, 0.25) is 10.0 Å². The largest absolute Gasteiger partial charge is 1.00 e. The van der Waals surface area contributed by atoms with Gasteiger partial charge in [0.05, 0.1) is 19.1 Å². The Kier molecular flexibility index (Phi) is 13.6. The zero-order chi connectivity index (χ0) is 28.4. The summed E-state index contributed by atoms with van der Waals surface area (Å²) in [6, 6.07) is 20.0. The first-order valence-corrected chi connectivity index (χ1v) is 14.5. The third-order valence-corrected chi connectivity index (χ3v) is 8.10. The van der Waals surface area contributed by atoms with Crippen LogP contribution in [-0.4, -0.2) is 45.7 Å². The van der Waals surface area contributed by atoms with Crippen LogP contribution in [0.2, 0.25) is 10.3 Å². The summed E-state index contributed by atoms with van der Waals surface area (Å²) in [6.45, 7) is 0.386. The Morgan fingerprint density at radius 3 is 1.62 bits per heavy atom. The van der Waals surface area contributed by atoms with Gasteiger partial charge in [-0.1, -0.05) is 47.5 Å². The van der Waals surface area contributed by atoms with Crippen molar-refractivity contribution < 1.29 is 45.5 Å². The Bertz CT molecular complexity index is 1460. The van der Waals surface area contributed by atoms with Gasteiger partial charge in [0.1, 0.15) is 21.8 Å². The smallest absolute Gasteiger partial charge is 0.768 e. The van der Waals surface area contributed by atoms with Crippen molar-refractivity contribution in [2.45, 2.75) is 22.9 Å². The number of hydrogen-bond donors (Lipinski definition) is 0. The molecule has 1 unspecified atom stereocenters. The van der Waals surface area contributed by atoms with E-state index in [9.17, 15) is 17.2 Å². The minimum absolute atomic E-state index is 0. The third kappa shape index (κ3) is 9.87. The van der Waals surface area contributed by atoms with Gasteiger partial charge in [-0.2, -0.15) is 4.31 Å². The maximum Gasteiger partial charge on any atom is 1.00 e. The van der Waals surface area contributed by atoms with Gasteiger partial charge in [-0.25, -0.2) is 18.4 Å². The third-order valence-electron chi connectivity index (χ3n) is 5.26. The van der Waals surface area contributed by atoms with Crippen LogP contribution in [0.25, 0.3) is 0 Å². The summed E-state index contributed by atoms with van der Waals surface area (Å²) in [7, 11) is -0.633. The SMILES string of the molecule is COc1ccc(CN(Cc2ccc(OC)cc2)S(=O)(=O)c2ccnc(Cl)c2)cc1.O=S([O-])c1ccnc(Cl)c1.[Li+]. The Balaban J connectivity index is 0.000000431. The molecule has 40 heavy (non-hydrogen) atoms. The van der Waals surface area contributed by atoms with Crippen molar-refractivity contribution >= 4 is 44.3 Å². The van der Waals surface area contributed by atoms with Gasteiger partial charge in [0, 0.05) is 30.4 Å². The van der Waals surface area contributed by atoms with E-state index in [4.69, 9.17) is 32.7 Å². The Hall–Kier alpha value is -2.46. The number of aromatic nitrogens is 2. The van der Waals surface area contributed by atoms with Gasteiger partial charge < -0.3 is 14.0 Å². The molecule has 0 saturated heterocycles. The summed E-state index contributed by atoms with van der Waals surface area (Å²) in [5.41, 5.74) is 1.67. The van der Waals surface area contributed by atoms with E-state index in [0.717, 1.165) is 11.1 Å². The van der Waals surface area contributed by atoms with Crippen molar-refractivity contribution in [3.05, 3.63) is 107 Å². The minimum atomic E-state index is -3.80. The second kappa shape index (κ2) is 16.1. The fraction of sp³-hybridized carbons (Fsp3) is 0.154. The molecular formula is C26H24Cl2LiN3O6S2. The molecule has 0 bridgehead atoms. The first kappa shape index (κ1) is 33.7.